The molecule has 0 fully saturated rings. The zero-order valence-corrected chi connectivity index (χ0v) is 25.9. The highest BCUT2D eigenvalue weighted by atomic mass is 79.9. The number of anilines is 2. The van der Waals surface area contributed by atoms with Gasteiger partial charge in [0, 0.05) is 13.1 Å². The van der Waals surface area contributed by atoms with Gasteiger partial charge in [-0.2, -0.15) is 0 Å². The van der Waals surface area contributed by atoms with Crippen LogP contribution in [0.5, 0.6) is 0 Å². The third-order valence-corrected chi connectivity index (χ3v) is 9.10. The number of carbonyl (C=O) groups excluding carboxylic acids is 2. The Morgan fingerprint density at radius 3 is 2.11 bits per heavy atom. The van der Waals surface area contributed by atoms with Gasteiger partial charge >= 0.3 is 11.9 Å². The van der Waals surface area contributed by atoms with E-state index in [1.807, 2.05) is 12.2 Å². The van der Waals surface area contributed by atoms with Crippen LogP contribution < -0.4 is 32.1 Å². The first-order valence-corrected chi connectivity index (χ1v) is 14.4. The van der Waals surface area contributed by atoms with E-state index in [0.29, 0.717) is 45.5 Å². The van der Waals surface area contributed by atoms with Crippen molar-refractivity contribution < 1.29 is 19.6 Å². The second-order valence-electron chi connectivity index (χ2n) is 8.17. The molecule has 12 N–H and O–H groups in total. The maximum atomic E-state index is 12.6. The second kappa shape index (κ2) is 12.4. The number of aromatic amines is 6. The van der Waals surface area contributed by atoms with Gasteiger partial charge in [-0.25, -0.2) is 19.9 Å². The highest BCUT2D eigenvalue weighted by molar-refractivity contribution is 9.13. The van der Waals surface area contributed by atoms with Crippen molar-refractivity contribution >= 4 is 93.5 Å². The molecule has 0 saturated carbocycles. The van der Waals surface area contributed by atoms with Crippen LogP contribution in [0.25, 0.3) is 6.08 Å². The van der Waals surface area contributed by atoms with Gasteiger partial charge in [0.2, 0.25) is 0 Å². The summed E-state index contributed by atoms with van der Waals surface area (Å²) in [6, 6.07) is 3.39. The first-order valence-electron chi connectivity index (χ1n) is 11.2. The summed E-state index contributed by atoms with van der Waals surface area (Å²) in [6.07, 6.45) is 5.95. The third kappa shape index (κ3) is 6.78. The summed E-state index contributed by atoms with van der Waals surface area (Å²) in [7, 11) is 0. The minimum atomic E-state index is -0.244. The van der Waals surface area contributed by atoms with Crippen molar-refractivity contribution in [2.45, 2.75) is 12.3 Å². The van der Waals surface area contributed by atoms with Crippen LogP contribution >= 0.6 is 63.7 Å². The second-order valence-corrected chi connectivity index (χ2v) is 11.5. The number of hydrogen-bond acceptors (Lipinski definition) is 4. The molecular weight excluding hydrogens is 756 g/mol. The number of amides is 2. The highest BCUT2D eigenvalue weighted by Crippen LogP contribution is 2.28. The first-order chi connectivity index (χ1) is 18.1. The predicted octanol–water partition coefficient (Wildman–Crippen LogP) is 3.24. The monoisotopic (exact) mass is 776 g/mol. The van der Waals surface area contributed by atoms with E-state index in [0.717, 1.165) is 26.0 Å². The van der Waals surface area contributed by atoms with E-state index in [9.17, 15) is 9.59 Å². The van der Waals surface area contributed by atoms with E-state index >= 15 is 0 Å². The number of aromatic nitrogens is 6. The summed E-state index contributed by atoms with van der Waals surface area (Å²) in [5.74, 6) is 0.0695. The van der Waals surface area contributed by atoms with Gasteiger partial charge < -0.3 is 20.6 Å². The van der Waals surface area contributed by atoms with E-state index in [2.05, 4.69) is 104 Å². The maximum absolute atomic E-state index is 12.6. The Bertz CT molecular complexity index is 1450. The number of imidazole rings is 2. The van der Waals surface area contributed by atoms with Crippen molar-refractivity contribution in [3.05, 3.63) is 71.0 Å². The minimum Gasteiger partial charge on any atom is -0.351 e. The van der Waals surface area contributed by atoms with Gasteiger partial charge in [-0.05, 0) is 88.3 Å². The lowest BCUT2D eigenvalue weighted by Gasteiger charge is -2.12. The molecule has 2 amide bonds. The zero-order chi connectivity index (χ0) is 27.4. The summed E-state index contributed by atoms with van der Waals surface area (Å²) < 4.78 is 2.91. The average molecular weight is 780 g/mol. The molecule has 0 radical (unpaired) electrons. The molecule has 1 unspecified atom stereocenters. The number of H-pyrrole nitrogens is 6. The molecule has 0 spiro atoms. The van der Waals surface area contributed by atoms with E-state index in [4.69, 9.17) is 11.5 Å². The lowest BCUT2D eigenvalue weighted by atomic mass is 9.96. The molecule has 4 aromatic rings. The maximum Gasteiger partial charge on any atom is 0.350 e. The standard InChI is InChI=1S/C22H22Br4N10O2/c23-10-6-13(32-17(10)25)19(37)29-4-1-2-12-16(36-22(28)34-12)9(15-8-31-21(27)35-15)3-5-30-20(38)14-7-11(24)18(26)33-14/h1-2,6-9,32-33H,3-5H2,(H,29,37)(H,30,38)(H3,27,31,35)(H3,28,34,36)/p+2/b2-1+. The molecule has 0 bridgehead atoms. The summed E-state index contributed by atoms with van der Waals surface area (Å²) in [4.78, 5) is 43.2. The Balaban J connectivity index is 1.45. The van der Waals surface area contributed by atoms with Crippen LogP contribution in [0.15, 0.2) is 42.6 Å². The zero-order valence-electron chi connectivity index (χ0n) is 19.6. The van der Waals surface area contributed by atoms with Crippen LogP contribution in [-0.4, -0.2) is 44.8 Å². The first kappa shape index (κ1) is 28.2. The van der Waals surface area contributed by atoms with Crippen molar-refractivity contribution in [2.24, 2.45) is 0 Å². The summed E-state index contributed by atoms with van der Waals surface area (Å²) in [6.45, 7) is 0.659. The number of nitrogen functional groups attached to an aromatic ring is 2. The van der Waals surface area contributed by atoms with Crippen molar-refractivity contribution in [3.63, 3.8) is 0 Å². The number of rotatable bonds is 10. The lowest BCUT2D eigenvalue weighted by molar-refractivity contribution is -0.361. The molecule has 200 valence electrons. The minimum absolute atomic E-state index is 0.220. The smallest absolute Gasteiger partial charge is 0.350 e. The molecule has 12 nitrogen and oxygen atoms in total. The topological polar surface area (TPSA) is 202 Å². The Morgan fingerprint density at radius 1 is 0.921 bits per heavy atom. The molecule has 4 rings (SSSR count). The molecule has 38 heavy (non-hydrogen) atoms. The molecular formula is C22H24Br4N10O2+2. The molecule has 16 heteroatoms. The Labute approximate surface area is 250 Å². The number of hydrogen-bond donors (Lipinski definition) is 8. The molecule has 0 saturated heterocycles. The van der Waals surface area contributed by atoms with Gasteiger partial charge in [0.15, 0.2) is 0 Å². The average Bonchev–Trinajstić information content (AvgIpc) is 3.63. The predicted molar refractivity (Wildman–Crippen MR) is 156 cm³/mol. The van der Waals surface area contributed by atoms with Crippen LogP contribution in [0, 0.1) is 0 Å². The van der Waals surface area contributed by atoms with Gasteiger partial charge in [0.05, 0.1) is 30.3 Å². The van der Waals surface area contributed by atoms with Gasteiger partial charge in [-0.3, -0.25) is 21.1 Å². The number of nitrogens with one attached hydrogen (secondary N) is 8. The van der Waals surface area contributed by atoms with Crippen LogP contribution in [0.2, 0.25) is 0 Å². The van der Waals surface area contributed by atoms with Crippen molar-refractivity contribution in [2.75, 3.05) is 24.6 Å². The fourth-order valence-corrected chi connectivity index (χ4v) is 5.10. The molecule has 4 heterocycles. The number of halogens is 4. The van der Waals surface area contributed by atoms with Gasteiger partial charge in [-0.1, -0.05) is 6.08 Å². The van der Waals surface area contributed by atoms with Gasteiger partial charge in [0.1, 0.15) is 28.5 Å². The van der Waals surface area contributed by atoms with E-state index < -0.39 is 0 Å². The number of nitrogens with two attached hydrogens (primary N) is 2. The summed E-state index contributed by atoms with van der Waals surface area (Å²) in [5.41, 5.74) is 15.1. The van der Waals surface area contributed by atoms with Crippen LogP contribution in [0.3, 0.4) is 0 Å². The quantitative estimate of drug-likeness (QED) is 0.122. The van der Waals surface area contributed by atoms with Crippen LogP contribution in [-0.2, 0) is 0 Å². The molecule has 0 aliphatic rings. The van der Waals surface area contributed by atoms with Crippen molar-refractivity contribution in [1.29, 1.82) is 0 Å². The van der Waals surface area contributed by atoms with Gasteiger partial charge in [0.25, 0.3) is 11.8 Å². The lowest BCUT2D eigenvalue weighted by Crippen LogP contribution is -2.26. The normalized spacial score (nSPS) is 12.2. The Hall–Kier alpha value is -2.82. The Kier molecular flexibility index (Phi) is 9.17. The van der Waals surface area contributed by atoms with E-state index in [1.165, 1.54) is 0 Å². The van der Waals surface area contributed by atoms with E-state index in [1.54, 1.807) is 18.3 Å². The van der Waals surface area contributed by atoms with E-state index in [-0.39, 0.29) is 24.3 Å². The summed E-state index contributed by atoms with van der Waals surface area (Å²) in [5, 5.41) is 5.76. The largest absolute Gasteiger partial charge is 0.351 e. The van der Waals surface area contributed by atoms with Crippen LogP contribution in [0.4, 0.5) is 11.9 Å². The van der Waals surface area contributed by atoms with Crippen molar-refractivity contribution in [3.8, 4) is 0 Å². The summed E-state index contributed by atoms with van der Waals surface area (Å²) >= 11 is 13.4. The number of carbonyl (C=O) groups is 2. The fourth-order valence-electron chi connectivity index (χ4n) is 3.79. The Morgan fingerprint density at radius 2 is 1.55 bits per heavy atom. The third-order valence-electron chi connectivity index (χ3n) is 5.54. The molecule has 4 aromatic heterocycles. The highest BCUT2D eigenvalue weighted by Gasteiger charge is 2.27. The van der Waals surface area contributed by atoms with Crippen molar-refractivity contribution in [1.82, 2.24) is 30.6 Å². The van der Waals surface area contributed by atoms with Crippen LogP contribution in [0.1, 0.15) is 50.4 Å². The molecule has 0 aliphatic carbocycles. The molecule has 1 atom stereocenters. The SMILES string of the molecule is Nc1[nH]c(C(CCNC(=O)c2cc(Br)c(Br)[nH]2)c2[nH]c(N)[nH+]c2/C=C/CNC(=O)c2cc(Br)c(Br)[nH]2)c[nH+]1. The molecule has 0 aliphatic heterocycles. The van der Waals surface area contributed by atoms with Gasteiger partial charge in [-0.15, -0.1) is 0 Å². The fraction of sp³-hybridized carbons (Fsp3) is 0.182. The molecule has 0 aromatic carbocycles.